The van der Waals surface area contributed by atoms with Crippen LogP contribution in [0.4, 0.5) is 8.78 Å². The van der Waals surface area contributed by atoms with E-state index in [1.54, 1.807) is 6.20 Å². The van der Waals surface area contributed by atoms with Crippen LogP contribution in [0.15, 0.2) is 30.5 Å². The first kappa shape index (κ1) is 19.9. The Balaban J connectivity index is 1.50. The maximum absolute atomic E-state index is 16.4. The molecule has 3 fully saturated rings. The summed E-state index contributed by atoms with van der Waals surface area (Å²) in [4.78, 5) is 4.50. The predicted molar refractivity (Wildman–Crippen MR) is 125 cm³/mol. The van der Waals surface area contributed by atoms with Gasteiger partial charge in [0, 0.05) is 28.5 Å². The van der Waals surface area contributed by atoms with Crippen molar-refractivity contribution < 1.29 is 13.9 Å². The van der Waals surface area contributed by atoms with Crippen LogP contribution < -0.4 is 5.32 Å². The molecule has 5 nitrogen and oxygen atoms in total. The first-order chi connectivity index (χ1) is 16.5. The first-order valence-corrected chi connectivity index (χ1v) is 11.7. The number of hydrogen-bond acceptors (Lipinski definition) is 4. The molecule has 34 heavy (non-hydrogen) atoms. The van der Waals surface area contributed by atoms with Gasteiger partial charge < -0.3 is 10.4 Å². The van der Waals surface area contributed by atoms with E-state index in [0.717, 1.165) is 30.6 Å². The highest BCUT2D eigenvalue weighted by Gasteiger charge is 2.55. The molecule has 2 aromatic carbocycles. The van der Waals surface area contributed by atoms with Crippen molar-refractivity contribution in [1.29, 1.82) is 0 Å². The third-order valence-corrected chi connectivity index (χ3v) is 7.95. The summed E-state index contributed by atoms with van der Waals surface area (Å²) in [5, 5.41) is 20.3. The van der Waals surface area contributed by atoms with Gasteiger partial charge in [-0.1, -0.05) is 18.9 Å². The van der Waals surface area contributed by atoms with Crippen molar-refractivity contribution in [3.05, 3.63) is 53.4 Å². The number of hydrogen-bond donors (Lipinski definition) is 2. The third-order valence-electron chi connectivity index (χ3n) is 7.95. The molecule has 0 bridgehead atoms. The smallest absolute Gasteiger partial charge is 0.175 e. The minimum atomic E-state index is -0.573. The fourth-order valence-electron chi connectivity index (χ4n) is 6.00. The zero-order chi connectivity index (χ0) is 23.3. The number of phenols is 1. The van der Waals surface area contributed by atoms with E-state index < -0.39 is 11.6 Å². The average Bonchev–Trinajstić information content (AvgIpc) is 3.58. The molecule has 0 amide bonds. The summed E-state index contributed by atoms with van der Waals surface area (Å²) in [5.41, 5.74) is 1.70. The highest BCUT2D eigenvalue weighted by atomic mass is 19.1. The normalized spacial score (nSPS) is 27.2. The molecule has 1 unspecified atom stereocenters. The Labute approximate surface area is 194 Å². The predicted octanol–water partition coefficient (Wildman–Crippen LogP) is 4.73. The van der Waals surface area contributed by atoms with Crippen LogP contribution >= 0.6 is 0 Å². The summed E-state index contributed by atoms with van der Waals surface area (Å²) in [6.07, 6.45) is 8.26. The summed E-state index contributed by atoms with van der Waals surface area (Å²) < 4.78 is 32.8. The van der Waals surface area contributed by atoms with Gasteiger partial charge in [0.25, 0.3) is 0 Å². The number of terminal acetylenes is 1. The topological polar surface area (TPSA) is 63.0 Å². The summed E-state index contributed by atoms with van der Waals surface area (Å²) in [7, 11) is 0. The van der Waals surface area contributed by atoms with Gasteiger partial charge >= 0.3 is 0 Å². The van der Waals surface area contributed by atoms with Crippen molar-refractivity contribution in [2.45, 2.75) is 25.3 Å². The van der Waals surface area contributed by atoms with Crippen molar-refractivity contribution in [3.8, 4) is 29.4 Å². The zero-order valence-corrected chi connectivity index (χ0v) is 18.5. The van der Waals surface area contributed by atoms with Crippen molar-refractivity contribution in [3.63, 3.8) is 0 Å². The molecule has 2 aromatic heterocycles. The molecule has 7 heteroatoms. The van der Waals surface area contributed by atoms with E-state index in [0.29, 0.717) is 40.0 Å². The number of aromatic nitrogens is 3. The Bertz CT molecular complexity index is 1560. The highest BCUT2D eigenvalue weighted by Crippen LogP contribution is 2.57. The number of fused-ring (bicyclic) bond motifs is 3. The molecule has 4 aromatic rings. The molecular formula is C27H22F2N4O. The Hall–Kier alpha value is -3.50. The molecule has 5 atom stereocenters. The van der Waals surface area contributed by atoms with Gasteiger partial charge in [-0.3, -0.25) is 9.67 Å². The Morgan fingerprint density at radius 2 is 1.97 bits per heavy atom. The second kappa shape index (κ2) is 6.77. The highest BCUT2D eigenvalue weighted by molar-refractivity contribution is 6.02. The molecule has 1 saturated heterocycles. The van der Waals surface area contributed by atoms with Gasteiger partial charge in [-0.2, -0.15) is 5.10 Å². The van der Waals surface area contributed by atoms with Crippen LogP contribution in [0, 0.1) is 41.7 Å². The number of pyridine rings is 1. The van der Waals surface area contributed by atoms with Crippen molar-refractivity contribution >= 4 is 21.7 Å². The number of benzene rings is 2. The molecule has 7 rings (SSSR count). The fourth-order valence-corrected chi connectivity index (χ4v) is 6.00. The standard InChI is InChI=1S/C27H22F2N4O/c1-3-15-20(28)5-4-13-7-14(34)8-16(22(13)15)26-24(29)27-19(11-31-26)25(23-17-9-30-10-18(17)23)32-33(27)21-6-12(21)2/h1,4-5,7-8,11-12,17-18,21,23,30,34H,6,9-10H2,2H3/t12-,17-,18+,21+,23?/m0/s1. The van der Waals surface area contributed by atoms with Gasteiger partial charge in [-0.15, -0.1) is 6.42 Å². The van der Waals surface area contributed by atoms with Gasteiger partial charge in [0.15, 0.2) is 5.82 Å². The molecule has 3 heterocycles. The third kappa shape index (κ3) is 2.63. The lowest BCUT2D eigenvalue weighted by atomic mass is 9.95. The van der Waals surface area contributed by atoms with Gasteiger partial charge in [0.1, 0.15) is 22.8 Å². The van der Waals surface area contributed by atoms with E-state index in [4.69, 9.17) is 11.5 Å². The number of aromatic hydroxyl groups is 1. The van der Waals surface area contributed by atoms with Crippen LogP contribution in [0.5, 0.6) is 5.75 Å². The molecule has 0 spiro atoms. The molecule has 0 radical (unpaired) electrons. The number of nitrogens with zero attached hydrogens (tertiary/aromatic N) is 3. The molecule has 1 aliphatic heterocycles. The summed E-state index contributed by atoms with van der Waals surface area (Å²) in [5.74, 6) is 3.08. The van der Waals surface area contributed by atoms with Crippen molar-refractivity contribution in [1.82, 2.24) is 20.1 Å². The van der Waals surface area contributed by atoms with E-state index in [1.165, 1.54) is 24.3 Å². The summed E-state index contributed by atoms with van der Waals surface area (Å²) in [6.45, 7) is 4.07. The number of halogens is 2. The lowest BCUT2D eigenvalue weighted by molar-refractivity contribution is 0.476. The lowest BCUT2D eigenvalue weighted by Crippen LogP contribution is -2.14. The van der Waals surface area contributed by atoms with E-state index in [-0.39, 0.29) is 28.6 Å². The van der Waals surface area contributed by atoms with Crippen LogP contribution in [0.2, 0.25) is 0 Å². The summed E-state index contributed by atoms with van der Waals surface area (Å²) >= 11 is 0. The van der Waals surface area contributed by atoms with Crippen LogP contribution in [-0.4, -0.2) is 33.0 Å². The minimum Gasteiger partial charge on any atom is -0.508 e. The van der Waals surface area contributed by atoms with E-state index >= 15 is 4.39 Å². The fraction of sp³-hybridized carbons (Fsp3) is 0.333. The minimum absolute atomic E-state index is 0.0251. The number of nitrogens with one attached hydrogen (secondary N) is 1. The van der Waals surface area contributed by atoms with Crippen molar-refractivity contribution in [2.24, 2.45) is 17.8 Å². The van der Waals surface area contributed by atoms with E-state index in [2.05, 4.69) is 23.1 Å². The quantitative estimate of drug-likeness (QED) is 0.438. The van der Waals surface area contributed by atoms with E-state index in [9.17, 15) is 9.50 Å². The van der Waals surface area contributed by atoms with Crippen LogP contribution in [0.1, 0.15) is 36.6 Å². The zero-order valence-electron chi connectivity index (χ0n) is 18.5. The largest absolute Gasteiger partial charge is 0.508 e. The maximum Gasteiger partial charge on any atom is 0.175 e. The number of phenolic OH excluding ortho intramolecular Hbond substituents is 1. The summed E-state index contributed by atoms with van der Waals surface area (Å²) in [6, 6.07) is 5.82. The van der Waals surface area contributed by atoms with Gasteiger partial charge in [-0.25, -0.2) is 8.78 Å². The van der Waals surface area contributed by atoms with E-state index in [1.807, 2.05) is 4.68 Å². The second-order valence-corrected chi connectivity index (χ2v) is 9.96. The Morgan fingerprint density at radius 1 is 1.21 bits per heavy atom. The molecular weight excluding hydrogens is 434 g/mol. The molecule has 170 valence electrons. The van der Waals surface area contributed by atoms with Gasteiger partial charge in [0.2, 0.25) is 0 Å². The van der Waals surface area contributed by atoms with Gasteiger partial charge in [0.05, 0.1) is 17.3 Å². The second-order valence-electron chi connectivity index (χ2n) is 9.96. The molecule has 2 aliphatic carbocycles. The monoisotopic (exact) mass is 456 g/mol. The SMILES string of the molecule is C#Cc1c(F)ccc2cc(O)cc(-c3ncc4c(C5[C@H]6CNC[C@@H]56)nn([C@@H]5C[C@@H]5C)c4c3F)c12. The Kier molecular flexibility index (Phi) is 3.97. The van der Waals surface area contributed by atoms with Crippen LogP contribution in [0.25, 0.3) is 32.9 Å². The van der Waals surface area contributed by atoms with Gasteiger partial charge in [-0.05, 0) is 60.8 Å². The van der Waals surface area contributed by atoms with Crippen molar-refractivity contribution in [2.75, 3.05) is 13.1 Å². The average molecular weight is 456 g/mol. The first-order valence-electron chi connectivity index (χ1n) is 11.7. The molecule has 2 saturated carbocycles. The molecule has 2 N–H and O–H groups in total. The number of rotatable bonds is 3. The molecule has 3 aliphatic rings. The van der Waals surface area contributed by atoms with Crippen LogP contribution in [0.3, 0.4) is 0 Å². The number of piperidine rings is 1. The lowest BCUT2D eigenvalue weighted by Gasteiger charge is -2.12. The Morgan fingerprint density at radius 3 is 2.68 bits per heavy atom. The van der Waals surface area contributed by atoms with Crippen LogP contribution in [-0.2, 0) is 0 Å². The maximum atomic E-state index is 16.4.